The highest BCUT2D eigenvalue weighted by atomic mass is 16.5. The number of para-hydroxylation sites is 1. The molecular weight excluding hydrogens is 442 g/mol. The number of unbranched alkanes of at least 4 members (excludes halogenated alkanes) is 2. The van der Waals surface area contributed by atoms with Crippen molar-refractivity contribution in [1.82, 2.24) is 14.7 Å². The second-order valence-electron chi connectivity index (χ2n) is 8.48. The molecule has 0 spiro atoms. The van der Waals surface area contributed by atoms with Crippen LogP contribution in [0.1, 0.15) is 65.9 Å². The highest BCUT2D eigenvalue weighted by Gasteiger charge is 2.31. The van der Waals surface area contributed by atoms with Crippen molar-refractivity contribution in [2.24, 2.45) is 0 Å². The summed E-state index contributed by atoms with van der Waals surface area (Å²) in [6.45, 7) is 7.45. The maximum atomic E-state index is 12.8. The molecule has 2 aromatic carbocycles. The highest BCUT2D eigenvalue weighted by molar-refractivity contribution is 6.06. The molecular formula is C28H35N3O4. The summed E-state index contributed by atoms with van der Waals surface area (Å²) in [5.41, 5.74) is 3.06. The van der Waals surface area contributed by atoms with Crippen LogP contribution in [0, 0.1) is 0 Å². The van der Waals surface area contributed by atoms with Crippen LogP contribution in [0.25, 0.3) is 16.9 Å². The van der Waals surface area contributed by atoms with E-state index in [4.69, 9.17) is 9.47 Å². The number of hydrogen-bond donors (Lipinski definition) is 0. The average Bonchev–Trinajstić information content (AvgIpc) is 3.31. The van der Waals surface area contributed by atoms with Gasteiger partial charge in [0.05, 0.1) is 19.9 Å². The molecule has 7 nitrogen and oxygen atoms in total. The molecule has 0 aliphatic carbocycles. The predicted molar refractivity (Wildman–Crippen MR) is 137 cm³/mol. The first-order chi connectivity index (χ1) is 17.0. The lowest BCUT2D eigenvalue weighted by atomic mass is 10.0. The van der Waals surface area contributed by atoms with Gasteiger partial charge in [-0.1, -0.05) is 69.2 Å². The van der Waals surface area contributed by atoms with E-state index >= 15 is 0 Å². The summed E-state index contributed by atoms with van der Waals surface area (Å²) in [4.78, 5) is 28.0. The maximum absolute atomic E-state index is 12.8. The van der Waals surface area contributed by atoms with Crippen LogP contribution < -0.4 is 0 Å². The fraction of sp³-hybridized carbons (Fsp3) is 0.393. The van der Waals surface area contributed by atoms with E-state index in [2.05, 4.69) is 36.0 Å². The number of carbonyl (C=O) groups is 2. The van der Waals surface area contributed by atoms with Gasteiger partial charge >= 0.3 is 11.9 Å². The van der Waals surface area contributed by atoms with Crippen LogP contribution in [0.2, 0.25) is 0 Å². The molecule has 0 saturated carbocycles. The lowest BCUT2D eigenvalue weighted by molar-refractivity contribution is 0.0549. The predicted octanol–water partition coefficient (Wildman–Crippen LogP) is 5.51. The van der Waals surface area contributed by atoms with Crippen molar-refractivity contribution in [1.29, 1.82) is 0 Å². The number of rotatable bonds is 12. The number of nitrogens with zero attached hydrogens (tertiary/aromatic N) is 3. The van der Waals surface area contributed by atoms with E-state index in [0.29, 0.717) is 11.4 Å². The molecule has 1 heterocycles. The van der Waals surface area contributed by atoms with Crippen molar-refractivity contribution < 1.29 is 19.1 Å². The van der Waals surface area contributed by atoms with Gasteiger partial charge in [-0.25, -0.2) is 14.3 Å². The Morgan fingerprint density at radius 3 is 2.00 bits per heavy atom. The van der Waals surface area contributed by atoms with Gasteiger partial charge in [-0.2, -0.15) is 5.10 Å². The van der Waals surface area contributed by atoms with Gasteiger partial charge in [0.1, 0.15) is 11.3 Å². The lowest BCUT2D eigenvalue weighted by Crippen LogP contribution is -2.25. The van der Waals surface area contributed by atoms with Crippen LogP contribution in [0.15, 0.2) is 54.6 Å². The van der Waals surface area contributed by atoms with Crippen molar-refractivity contribution in [2.45, 2.75) is 46.1 Å². The summed E-state index contributed by atoms with van der Waals surface area (Å²) >= 11 is 0. The van der Waals surface area contributed by atoms with Gasteiger partial charge in [-0.05, 0) is 43.6 Å². The minimum Gasteiger partial charge on any atom is -0.465 e. The van der Waals surface area contributed by atoms with Gasteiger partial charge in [-0.15, -0.1) is 0 Å². The molecule has 0 radical (unpaired) electrons. The standard InChI is InChI=1S/C28H35N3O4/c1-5-7-18-30(19-8-6-2)20-21-14-16-22(17-15-21)25-24(27(32)34-3)26(28(33)35-4)31(29-25)23-12-10-9-11-13-23/h9-17H,5-8,18-20H2,1-4H3. The van der Waals surface area contributed by atoms with Crippen molar-refractivity contribution in [3.63, 3.8) is 0 Å². The maximum Gasteiger partial charge on any atom is 0.357 e. The van der Waals surface area contributed by atoms with Gasteiger partial charge in [-0.3, -0.25) is 4.90 Å². The second-order valence-corrected chi connectivity index (χ2v) is 8.48. The van der Waals surface area contributed by atoms with Crippen molar-refractivity contribution in [3.8, 4) is 16.9 Å². The first-order valence-corrected chi connectivity index (χ1v) is 12.2. The van der Waals surface area contributed by atoms with Crippen LogP contribution in [-0.4, -0.2) is 53.9 Å². The molecule has 0 N–H and O–H groups in total. The van der Waals surface area contributed by atoms with Crippen LogP contribution in [0.3, 0.4) is 0 Å². The molecule has 0 saturated heterocycles. The minimum absolute atomic E-state index is 0.0370. The highest BCUT2D eigenvalue weighted by Crippen LogP contribution is 2.29. The Kier molecular flexibility index (Phi) is 9.61. The SMILES string of the molecule is CCCCN(CCCC)Cc1ccc(-c2nn(-c3ccccc3)c(C(=O)OC)c2C(=O)OC)cc1. The van der Waals surface area contributed by atoms with Gasteiger partial charge in [0.2, 0.25) is 0 Å². The quantitative estimate of drug-likeness (QED) is 0.320. The summed E-state index contributed by atoms with van der Waals surface area (Å²) < 4.78 is 11.5. The fourth-order valence-corrected chi connectivity index (χ4v) is 4.02. The topological polar surface area (TPSA) is 73.7 Å². The summed E-state index contributed by atoms with van der Waals surface area (Å²) in [5, 5.41) is 4.66. The zero-order valence-corrected chi connectivity index (χ0v) is 21.1. The average molecular weight is 478 g/mol. The number of methoxy groups -OCH3 is 2. The van der Waals surface area contributed by atoms with Crippen molar-refractivity contribution in [2.75, 3.05) is 27.3 Å². The smallest absolute Gasteiger partial charge is 0.357 e. The third-order valence-corrected chi connectivity index (χ3v) is 5.94. The van der Waals surface area contributed by atoms with E-state index < -0.39 is 11.9 Å². The zero-order valence-electron chi connectivity index (χ0n) is 21.1. The van der Waals surface area contributed by atoms with E-state index in [9.17, 15) is 9.59 Å². The number of hydrogen-bond acceptors (Lipinski definition) is 6. The summed E-state index contributed by atoms with van der Waals surface area (Å²) in [6, 6.07) is 17.2. The number of aromatic nitrogens is 2. The summed E-state index contributed by atoms with van der Waals surface area (Å²) in [5.74, 6) is -1.30. The third-order valence-electron chi connectivity index (χ3n) is 5.94. The van der Waals surface area contributed by atoms with Gasteiger partial charge < -0.3 is 9.47 Å². The fourth-order valence-electron chi connectivity index (χ4n) is 4.02. The minimum atomic E-state index is -0.660. The molecule has 35 heavy (non-hydrogen) atoms. The van der Waals surface area contributed by atoms with E-state index in [1.54, 1.807) is 0 Å². The molecule has 3 aromatic rings. The number of esters is 2. The molecule has 1 aromatic heterocycles. The van der Waals surface area contributed by atoms with Crippen LogP contribution in [-0.2, 0) is 16.0 Å². The van der Waals surface area contributed by atoms with Crippen LogP contribution in [0.5, 0.6) is 0 Å². The normalized spacial score (nSPS) is 11.0. The van der Waals surface area contributed by atoms with Crippen LogP contribution in [0.4, 0.5) is 0 Å². The molecule has 0 fully saturated rings. The number of benzene rings is 2. The van der Waals surface area contributed by atoms with E-state index in [0.717, 1.165) is 25.2 Å². The first-order valence-electron chi connectivity index (χ1n) is 12.2. The largest absolute Gasteiger partial charge is 0.465 e. The van der Waals surface area contributed by atoms with Gasteiger partial charge in [0, 0.05) is 12.1 Å². The number of ether oxygens (including phenoxy) is 2. The van der Waals surface area contributed by atoms with Crippen molar-refractivity contribution in [3.05, 3.63) is 71.4 Å². The van der Waals surface area contributed by atoms with Gasteiger partial charge in [0.25, 0.3) is 0 Å². The summed E-state index contributed by atoms with van der Waals surface area (Å²) in [6.07, 6.45) is 4.70. The van der Waals surface area contributed by atoms with E-state index in [1.165, 1.54) is 50.1 Å². The van der Waals surface area contributed by atoms with Crippen LogP contribution >= 0.6 is 0 Å². The molecule has 0 aliphatic heterocycles. The Hall–Kier alpha value is -3.45. The molecule has 0 bridgehead atoms. The Morgan fingerprint density at radius 1 is 0.857 bits per heavy atom. The van der Waals surface area contributed by atoms with E-state index in [1.807, 2.05) is 42.5 Å². The Morgan fingerprint density at radius 2 is 1.46 bits per heavy atom. The Bertz CT molecular complexity index is 1100. The zero-order chi connectivity index (χ0) is 25.2. The summed E-state index contributed by atoms with van der Waals surface area (Å²) in [7, 11) is 2.57. The Labute approximate surface area is 207 Å². The van der Waals surface area contributed by atoms with Gasteiger partial charge in [0.15, 0.2) is 5.69 Å². The van der Waals surface area contributed by atoms with Crippen molar-refractivity contribution >= 4 is 11.9 Å². The van der Waals surface area contributed by atoms with E-state index in [-0.39, 0.29) is 11.3 Å². The Balaban J connectivity index is 2.01. The molecule has 0 atom stereocenters. The molecule has 3 rings (SSSR count). The molecule has 0 aliphatic rings. The lowest BCUT2D eigenvalue weighted by Gasteiger charge is -2.22. The molecule has 0 unspecified atom stereocenters. The molecule has 0 amide bonds. The molecule has 186 valence electrons. The monoisotopic (exact) mass is 477 g/mol. The first kappa shape index (κ1) is 26.2. The third kappa shape index (κ3) is 6.36. The number of carbonyl (C=O) groups excluding carboxylic acids is 2. The molecule has 7 heteroatoms. The second kappa shape index (κ2) is 12.9.